The SMILES string of the molecule is CCC(C)(C)C(=O)O[C@]1(C)CC[C@@H]2[C@@H](CC[C@@H](C)[C@H]2O)C1. The van der Waals surface area contributed by atoms with Crippen LogP contribution in [0, 0.1) is 23.2 Å². The summed E-state index contributed by atoms with van der Waals surface area (Å²) < 4.78 is 5.93. The molecule has 0 saturated heterocycles. The minimum Gasteiger partial charge on any atom is -0.459 e. The minimum absolute atomic E-state index is 0.0734. The normalized spacial score (nSPS) is 40.5. The zero-order valence-corrected chi connectivity index (χ0v) is 14.3. The highest BCUT2D eigenvalue weighted by atomic mass is 16.6. The lowest BCUT2D eigenvalue weighted by Gasteiger charge is -2.48. The van der Waals surface area contributed by atoms with Crippen molar-refractivity contribution in [2.75, 3.05) is 0 Å². The van der Waals surface area contributed by atoms with Crippen LogP contribution in [0.3, 0.4) is 0 Å². The molecule has 3 nitrogen and oxygen atoms in total. The van der Waals surface area contributed by atoms with Crippen molar-refractivity contribution in [1.29, 1.82) is 0 Å². The second-order valence-corrected chi connectivity index (χ2v) is 8.29. The predicted octanol–water partition coefficient (Wildman–Crippen LogP) is 3.93. The third-order valence-electron chi connectivity index (χ3n) is 6.10. The van der Waals surface area contributed by atoms with E-state index in [0.29, 0.717) is 17.8 Å². The van der Waals surface area contributed by atoms with Crippen molar-refractivity contribution in [3.8, 4) is 0 Å². The smallest absolute Gasteiger partial charge is 0.312 e. The molecular weight excluding hydrogens is 264 g/mol. The van der Waals surface area contributed by atoms with Gasteiger partial charge in [-0.2, -0.15) is 0 Å². The number of aliphatic hydroxyl groups is 1. The maximum absolute atomic E-state index is 12.4. The van der Waals surface area contributed by atoms with Gasteiger partial charge in [0.15, 0.2) is 0 Å². The van der Waals surface area contributed by atoms with Crippen molar-refractivity contribution < 1.29 is 14.6 Å². The Labute approximate surface area is 129 Å². The molecule has 0 aromatic heterocycles. The molecular formula is C18H32O3. The van der Waals surface area contributed by atoms with E-state index in [0.717, 1.165) is 38.5 Å². The Hall–Kier alpha value is -0.570. The fourth-order valence-electron chi connectivity index (χ4n) is 3.95. The third-order valence-corrected chi connectivity index (χ3v) is 6.10. The molecule has 2 saturated carbocycles. The topological polar surface area (TPSA) is 46.5 Å². The Morgan fingerprint density at radius 3 is 2.62 bits per heavy atom. The summed E-state index contributed by atoms with van der Waals surface area (Å²) in [6, 6.07) is 0. The van der Waals surface area contributed by atoms with E-state index in [1.807, 2.05) is 20.8 Å². The van der Waals surface area contributed by atoms with Crippen LogP contribution in [-0.4, -0.2) is 22.8 Å². The van der Waals surface area contributed by atoms with Crippen LogP contribution in [0.25, 0.3) is 0 Å². The largest absolute Gasteiger partial charge is 0.459 e. The molecule has 122 valence electrons. The lowest BCUT2D eigenvalue weighted by Crippen LogP contribution is -2.48. The lowest BCUT2D eigenvalue weighted by molar-refractivity contribution is -0.179. The molecule has 0 bridgehead atoms. The minimum atomic E-state index is -0.402. The van der Waals surface area contributed by atoms with Gasteiger partial charge in [-0.1, -0.05) is 13.8 Å². The zero-order valence-electron chi connectivity index (χ0n) is 14.3. The van der Waals surface area contributed by atoms with Gasteiger partial charge in [-0.25, -0.2) is 0 Å². The van der Waals surface area contributed by atoms with E-state index in [-0.39, 0.29) is 17.7 Å². The highest BCUT2D eigenvalue weighted by Gasteiger charge is 2.46. The van der Waals surface area contributed by atoms with E-state index in [1.54, 1.807) is 0 Å². The molecule has 0 radical (unpaired) electrons. The number of esters is 1. The number of rotatable bonds is 3. The summed E-state index contributed by atoms with van der Waals surface area (Å²) in [4.78, 5) is 12.4. The number of carbonyl (C=O) groups is 1. The van der Waals surface area contributed by atoms with Crippen molar-refractivity contribution in [1.82, 2.24) is 0 Å². The van der Waals surface area contributed by atoms with Crippen molar-refractivity contribution in [2.24, 2.45) is 23.2 Å². The summed E-state index contributed by atoms with van der Waals surface area (Å²) in [6.45, 7) is 10.2. The Kier molecular flexibility index (Phi) is 4.72. The van der Waals surface area contributed by atoms with Gasteiger partial charge in [-0.15, -0.1) is 0 Å². The standard InChI is InChI=1S/C18H32O3/c1-6-17(3,4)16(20)21-18(5)10-9-14-13(11-18)8-7-12(2)15(14)19/h12-15,19H,6-11H2,1-5H3/t12-,13+,14-,15-,18-/m1/s1. The second kappa shape index (κ2) is 5.91. The summed E-state index contributed by atoms with van der Waals surface area (Å²) >= 11 is 0. The Morgan fingerprint density at radius 2 is 2.00 bits per heavy atom. The molecule has 0 aliphatic heterocycles. The average molecular weight is 296 g/mol. The maximum Gasteiger partial charge on any atom is 0.312 e. The van der Waals surface area contributed by atoms with Crippen molar-refractivity contribution >= 4 is 5.97 Å². The molecule has 2 aliphatic rings. The van der Waals surface area contributed by atoms with E-state index >= 15 is 0 Å². The maximum atomic E-state index is 12.4. The quantitative estimate of drug-likeness (QED) is 0.803. The molecule has 21 heavy (non-hydrogen) atoms. The first-order valence-electron chi connectivity index (χ1n) is 8.60. The summed E-state index contributed by atoms with van der Waals surface area (Å²) in [7, 11) is 0. The zero-order chi connectivity index (χ0) is 15.8. The predicted molar refractivity (Wildman–Crippen MR) is 83.8 cm³/mol. The molecule has 0 heterocycles. The first kappa shape index (κ1) is 16.8. The molecule has 0 amide bonds. The molecule has 0 spiro atoms. The highest BCUT2D eigenvalue weighted by Crippen LogP contribution is 2.47. The number of hydrogen-bond acceptors (Lipinski definition) is 3. The van der Waals surface area contributed by atoms with Gasteiger partial charge in [0.05, 0.1) is 11.5 Å². The van der Waals surface area contributed by atoms with Gasteiger partial charge < -0.3 is 9.84 Å². The van der Waals surface area contributed by atoms with Gasteiger partial charge in [-0.3, -0.25) is 4.79 Å². The van der Waals surface area contributed by atoms with Gasteiger partial charge in [0, 0.05) is 0 Å². The number of hydrogen-bond donors (Lipinski definition) is 1. The van der Waals surface area contributed by atoms with E-state index in [4.69, 9.17) is 4.74 Å². The van der Waals surface area contributed by atoms with E-state index in [1.165, 1.54) is 0 Å². The van der Waals surface area contributed by atoms with Crippen molar-refractivity contribution in [3.05, 3.63) is 0 Å². The summed E-state index contributed by atoms with van der Waals surface area (Å²) in [6.07, 6.45) is 5.64. The second-order valence-electron chi connectivity index (χ2n) is 8.29. The molecule has 5 atom stereocenters. The number of ether oxygens (including phenoxy) is 1. The summed E-state index contributed by atoms with van der Waals surface area (Å²) in [5.41, 5.74) is -0.745. The van der Waals surface area contributed by atoms with Crippen molar-refractivity contribution in [2.45, 2.75) is 84.8 Å². The van der Waals surface area contributed by atoms with Crippen molar-refractivity contribution in [3.63, 3.8) is 0 Å². The van der Waals surface area contributed by atoms with Crippen LogP contribution in [0.2, 0.25) is 0 Å². The first-order valence-corrected chi connectivity index (χ1v) is 8.60. The van der Waals surface area contributed by atoms with Gasteiger partial charge in [0.25, 0.3) is 0 Å². The molecule has 0 aromatic carbocycles. The Bertz CT molecular complexity index is 390. The molecule has 2 rings (SSSR count). The average Bonchev–Trinajstić information content (AvgIpc) is 2.42. The van der Waals surface area contributed by atoms with Crippen LogP contribution in [0.4, 0.5) is 0 Å². The van der Waals surface area contributed by atoms with Crippen LogP contribution in [0.1, 0.15) is 73.1 Å². The van der Waals surface area contributed by atoms with Gasteiger partial charge in [-0.05, 0) is 77.0 Å². The fourth-order valence-corrected chi connectivity index (χ4v) is 3.95. The van der Waals surface area contributed by atoms with Crippen LogP contribution in [-0.2, 0) is 9.53 Å². The lowest BCUT2D eigenvalue weighted by atomic mass is 9.62. The number of fused-ring (bicyclic) bond motifs is 1. The highest BCUT2D eigenvalue weighted by molar-refractivity contribution is 5.76. The van der Waals surface area contributed by atoms with Crippen LogP contribution in [0.5, 0.6) is 0 Å². The molecule has 2 fully saturated rings. The monoisotopic (exact) mass is 296 g/mol. The third kappa shape index (κ3) is 3.44. The molecule has 3 heteroatoms. The van der Waals surface area contributed by atoms with Crippen LogP contribution >= 0.6 is 0 Å². The van der Waals surface area contributed by atoms with E-state index in [9.17, 15) is 9.90 Å². The van der Waals surface area contributed by atoms with Gasteiger partial charge in [0.2, 0.25) is 0 Å². The summed E-state index contributed by atoms with van der Waals surface area (Å²) in [5.74, 6) is 1.25. The fraction of sp³-hybridized carbons (Fsp3) is 0.944. The summed E-state index contributed by atoms with van der Waals surface area (Å²) in [5, 5.41) is 10.4. The van der Waals surface area contributed by atoms with Crippen LogP contribution in [0.15, 0.2) is 0 Å². The molecule has 1 N–H and O–H groups in total. The Morgan fingerprint density at radius 1 is 1.33 bits per heavy atom. The Balaban J connectivity index is 2.02. The number of aliphatic hydroxyl groups excluding tert-OH is 1. The molecule has 2 aliphatic carbocycles. The first-order chi connectivity index (χ1) is 9.68. The van der Waals surface area contributed by atoms with Gasteiger partial charge in [0.1, 0.15) is 5.60 Å². The molecule has 0 unspecified atom stereocenters. The van der Waals surface area contributed by atoms with E-state index < -0.39 is 5.41 Å². The van der Waals surface area contributed by atoms with Crippen LogP contribution < -0.4 is 0 Å². The van der Waals surface area contributed by atoms with E-state index in [2.05, 4.69) is 13.8 Å². The molecule has 0 aromatic rings. The van der Waals surface area contributed by atoms with Gasteiger partial charge >= 0.3 is 5.97 Å². The number of carbonyl (C=O) groups excluding carboxylic acids is 1.